The Morgan fingerprint density at radius 3 is 2.56 bits per heavy atom. The van der Waals surface area contributed by atoms with Crippen LogP contribution in [-0.2, 0) is 16.0 Å². The van der Waals surface area contributed by atoms with Crippen LogP contribution in [0.4, 0.5) is 4.39 Å². The van der Waals surface area contributed by atoms with Gasteiger partial charge in [0.05, 0.1) is 24.4 Å². The number of aromatic amines is 1. The maximum atomic E-state index is 14.8. The highest BCUT2D eigenvalue weighted by atomic mass is 19.1. The van der Waals surface area contributed by atoms with E-state index in [9.17, 15) is 14.0 Å². The largest absolute Gasteiger partial charge is 0.343 e. The van der Waals surface area contributed by atoms with E-state index in [0.717, 1.165) is 12.0 Å². The second-order valence-corrected chi connectivity index (χ2v) is 9.17. The molecule has 1 aliphatic heterocycles. The van der Waals surface area contributed by atoms with E-state index in [1.807, 2.05) is 57.2 Å². The van der Waals surface area contributed by atoms with Crippen molar-refractivity contribution in [2.45, 2.75) is 64.1 Å². The molecule has 0 bridgehead atoms. The van der Waals surface area contributed by atoms with Gasteiger partial charge < -0.3 is 10.2 Å². The number of hydrogen-bond acceptors (Lipinski definition) is 4. The molecule has 1 aromatic heterocycles. The van der Waals surface area contributed by atoms with Crippen LogP contribution in [0.1, 0.15) is 68.0 Å². The van der Waals surface area contributed by atoms with Crippen LogP contribution < -0.4 is 5.32 Å². The molecule has 3 unspecified atom stereocenters. The smallest absolute Gasteiger partial charge is 0.243 e. The third kappa shape index (κ3) is 5.00. The summed E-state index contributed by atoms with van der Waals surface area (Å²) in [6.07, 6.45) is 2.89. The molecule has 8 heteroatoms. The molecular formula is C26H30FN5O2. The molecule has 1 saturated heterocycles. The van der Waals surface area contributed by atoms with E-state index in [1.54, 1.807) is 11.0 Å². The van der Waals surface area contributed by atoms with Gasteiger partial charge in [-0.2, -0.15) is 15.4 Å². The fraction of sp³-hybridized carbons (Fsp3) is 0.385. The second-order valence-electron chi connectivity index (χ2n) is 9.17. The Morgan fingerprint density at radius 2 is 1.91 bits per heavy atom. The molecule has 7 nitrogen and oxygen atoms in total. The van der Waals surface area contributed by atoms with Gasteiger partial charge in [-0.1, -0.05) is 56.3 Å². The minimum absolute atomic E-state index is 0.0584. The van der Waals surface area contributed by atoms with Gasteiger partial charge >= 0.3 is 0 Å². The van der Waals surface area contributed by atoms with Crippen molar-refractivity contribution in [1.29, 1.82) is 0 Å². The fourth-order valence-electron chi connectivity index (χ4n) is 4.65. The first-order valence-electron chi connectivity index (χ1n) is 11.7. The van der Waals surface area contributed by atoms with Crippen LogP contribution in [0, 0.1) is 5.82 Å². The number of benzene rings is 2. The predicted molar refractivity (Wildman–Crippen MR) is 126 cm³/mol. The molecule has 0 aliphatic carbocycles. The summed E-state index contributed by atoms with van der Waals surface area (Å²) in [6.45, 7) is 5.84. The van der Waals surface area contributed by atoms with Gasteiger partial charge in [-0.25, -0.2) is 4.39 Å². The molecule has 2 N–H and O–H groups in total. The Morgan fingerprint density at radius 1 is 1.15 bits per heavy atom. The van der Waals surface area contributed by atoms with Gasteiger partial charge in [-0.3, -0.25) is 9.59 Å². The lowest BCUT2D eigenvalue weighted by Crippen LogP contribution is -2.49. The number of amides is 2. The molecule has 3 atom stereocenters. The molecule has 4 rings (SSSR count). The zero-order chi connectivity index (χ0) is 24.2. The van der Waals surface area contributed by atoms with Crippen molar-refractivity contribution in [3.63, 3.8) is 0 Å². The number of halogens is 1. The Hall–Kier alpha value is -3.55. The van der Waals surface area contributed by atoms with Gasteiger partial charge in [0.1, 0.15) is 11.9 Å². The third-order valence-corrected chi connectivity index (χ3v) is 6.46. The average Bonchev–Trinajstić information content (AvgIpc) is 3.47. The standard InChI is InChI=1S/C26H30FN5O2/c1-16(2)21-11-10-19(13-22(21)27)25(18-7-5-4-6-8-18)29-26(34)23-12-9-17(3)32(23)24(33)14-20-15-28-31-30-20/h4-8,10-11,13,15-17,23,25H,9,12,14H2,1-3H3,(H,29,34)(H,28,30,31). The third-order valence-electron chi connectivity index (χ3n) is 6.46. The topological polar surface area (TPSA) is 91.0 Å². The van der Waals surface area contributed by atoms with Crippen LogP contribution in [0.25, 0.3) is 0 Å². The van der Waals surface area contributed by atoms with Crippen molar-refractivity contribution in [3.8, 4) is 0 Å². The normalized spacial score (nSPS) is 18.8. The lowest BCUT2D eigenvalue weighted by Gasteiger charge is -2.30. The van der Waals surface area contributed by atoms with E-state index in [0.29, 0.717) is 23.2 Å². The van der Waals surface area contributed by atoms with Crippen molar-refractivity contribution < 1.29 is 14.0 Å². The number of likely N-dealkylation sites (tertiary alicyclic amines) is 1. The zero-order valence-corrected chi connectivity index (χ0v) is 19.7. The number of hydrogen-bond donors (Lipinski definition) is 2. The summed E-state index contributed by atoms with van der Waals surface area (Å²) in [6, 6.07) is 13.4. The highest BCUT2D eigenvalue weighted by molar-refractivity contribution is 5.89. The molecule has 0 spiro atoms. The fourth-order valence-corrected chi connectivity index (χ4v) is 4.65. The molecule has 3 aromatic rings. The summed E-state index contributed by atoms with van der Waals surface area (Å²) in [5.41, 5.74) is 2.68. The van der Waals surface area contributed by atoms with Gasteiger partial charge in [0, 0.05) is 6.04 Å². The highest BCUT2D eigenvalue weighted by Gasteiger charge is 2.39. The second kappa shape index (κ2) is 10.2. The Bertz CT molecular complexity index is 1130. The van der Waals surface area contributed by atoms with E-state index in [-0.39, 0.29) is 36.0 Å². The minimum atomic E-state index is -0.597. The predicted octanol–water partition coefficient (Wildman–Crippen LogP) is 3.90. The van der Waals surface area contributed by atoms with E-state index >= 15 is 0 Å². The number of nitrogens with one attached hydrogen (secondary N) is 2. The molecule has 0 radical (unpaired) electrons. The molecule has 1 fully saturated rings. The summed E-state index contributed by atoms with van der Waals surface area (Å²) < 4.78 is 14.8. The molecule has 0 saturated carbocycles. The van der Waals surface area contributed by atoms with Crippen molar-refractivity contribution in [3.05, 3.63) is 82.9 Å². The van der Waals surface area contributed by atoms with Gasteiger partial charge in [-0.15, -0.1) is 0 Å². The monoisotopic (exact) mass is 463 g/mol. The number of rotatable bonds is 7. The number of carbonyl (C=O) groups is 2. The summed E-state index contributed by atoms with van der Waals surface area (Å²) in [5, 5.41) is 13.3. The molecule has 2 amide bonds. The van der Waals surface area contributed by atoms with E-state index in [1.165, 1.54) is 12.3 Å². The first-order chi connectivity index (χ1) is 16.3. The summed E-state index contributed by atoms with van der Waals surface area (Å²) in [5.74, 6) is -0.646. The molecule has 34 heavy (non-hydrogen) atoms. The maximum absolute atomic E-state index is 14.8. The summed E-state index contributed by atoms with van der Waals surface area (Å²) >= 11 is 0. The Labute approximate surface area is 198 Å². The van der Waals surface area contributed by atoms with Crippen molar-refractivity contribution in [2.75, 3.05) is 0 Å². The Balaban J connectivity index is 1.59. The first kappa shape index (κ1) is 23.6. The van der Waals surface area contributed by atoms with Crippen molar-refractivity contribution >= 4 is 11.8 Å². The van der Waals surface area contributed by atoms with Crippen LogP contribution in [0.2, 0.25) is 0 Å². The average molecular weight is 464 g/mol. The Kier molecular flexibility index (Phi) is 7.05. The zero-order valence-electron chi connectivity index (χ0n) is 19.7. The van der Waals surface area contributed by atoms with Crippen LogP contribution in [-0.4, -0.2) is 44.2 Å². The number of carbonyl (C=O) groups excluding carboxylic acids is 2. The van der Waals surface area contributed by atoms with Crippen molar-refractivity contribution in [1.82, 2.24) is 25.6 Å². The lowest BCUT2D eigenvalue weighted by molar-refractivity contribution is -0.139. The number of aromatic nitrogens is 3. The lowest BCUT2D eigenvalue weighted by atomic mass is 9.94. The highest BCUT2D eigenvalue weighted by Crippen LogP contribution is 2.29. The van der Waals surface area contributed by atoms with Gasteiger partial charge in [0.25, 0.3) is 0 Å². The van der Waals surface area contributed by atoms with E-state index in [4.69, 9.17) is 0 Å². The molecule has 1 aliphatic rings. The molecular weight excluding hydrogens is 433 g/mol. The molecule has 2 aromatic carbocycles. The SMILES string of the molecule is CC(C)c1ccc(C(NC(=O)C2CCC(C)N2C(=O)Cc2cn[nH]n2)c2ccccc2)cc1F. The van der Waals surface area contributed by atoms with Crippen LogP contribution in [0.5, 0.6) is 0 Å². The maximum Gasteiger partial charge on any atom is 0.243 e. The van der Waals surface area contributed by atoms with Crippen LogP contribution in [0.15, 0.2) is 54.7 Å². The van der Waals surface area contributed by atoms with Crippen LogP contribution >= 0.6 is 0 Å². The quantitative estimate of drug-likeness (QED) is 0.556. The van der Waals surface area contributed by atoms with Gasteiger partial charge in [-0.05, 0) is 48.4 Å². The first-order valence-corrected chi connectivity index (χ1v) is 11.7. The van der Waals surface area contributed by atoms with Gasteiger partial charge in [0.2, 0.25) is 11.8 Å². The van der Waals surface area contributed by atoms with E-state index < -0.39 is 12.1 Å². The number of nitrogens with zero attached hydrogens (tertiary/aromatic N) is 3. The van der Waals surface area contributed by atoms with Crippen LogP contribution in [0.3, 0.4) is 0 Å². The summed E-state index contributed by atoms with van der Waals surface area (Å²) in [7, 11) is 0. The molecule has 2 heterocycles. The van der Waals surface area contributed by atoms with Crippen molar-refractivity contribution in [2.24, 2.45) is 0 Å². The van der Waals surface area contributed by atoms with Gasteiger partial charge in [0.15, 0.2) is 0 Å². The minimum Gasteiger partial charge on any atom is -0.343 e. The van der Waals surface area contributed by atoms with E-state index in [2.05, 4.69) is 20.7 Å². The summed E-state index contributed by atoms with van der Waals surface area (Å²) in [4.78, 5) is 28.2. The molecule has 178 valence electrons. The number of H-pyrrole nitrogens is 1.